The van der Waals surface area contributed by atoms with Gasteiger partial charge in [-0.05, 0) is 55.0 Å². The van der Waals surface area contributed by atoms with Crippen molar-refractivity contribution in [3.63, 3.8) is 0 Å². The van der Waals surface area contributed by atoms with Crippen molar-refractivity contribution in [1.29, 1.82) is 0 Å². The van der Waals surface area contributed by atoms with Crippen LogP contribution in [0, 0.1) is 6.92 Å². The first kappa shape index (κ1) is 22.9. The summed E-state index contributed by atoms with van der Waals surface area (Å²) in [6.45, 7) is 1.96. The number of nitrogens with one attached hydrogen (secondary N) is 2. The van der Waals surface area contributed by atoms with Gasteiger partial charge in [0.2, 0.25) is 0 Å². The Morgan fingerprint density at radius 2 is 1.79 bits per heavy atom. The Hall–Kier alpha value is -4.31. The number of hydrazine groups is 1. The van der Waals surface area contributed by atoms with Crippen LogP contribution in [-0.4, -0.2) is 40.2 Å². The minimum atomic E-state index is -3.61. The molecule has 0 unspecified atom stereocenters. The molecule has 3 heterocycles. The second-order valence-electron chi connectivity index (χ2n) is 7.38. The Labute approximate surface area is 196 Å². The van der Waals surface area contributed by atoms with Gasteiger partial charge in [-0.3, -0.25) is 15.4 Å². The molecule has 0 fully saturated rings. The maximum atomic E-state index is 12.5. The van der Waals surface area contributed by atoms with Crippen LogP contribution in [-0.2, 0) is 9.84 Å². The Morgan fingerprint density at radius 3 is 2.53 bits per heavy atom. The number of aryl methyl sites for hydroxylation is 1. The quantitative estimate of drug-likeness (QED) is 0.327. The summed E-state index contributed by atoms with van der Waals surface area (Å²) in [7, 11) is -3.61. The predicted molar refractivity (Wildman–Crippen MR) is 129 cm³/mol. The van der Waals surface area contributed by atoms with Gasteiger partial charge in [0.15, 0.2) is 15.7 Å². The van der Waals surface area contributed by atoms with Gasteiger partial charge in [0.05, 0.1) is 27.6 Å². The molecular formula is C24H21N5O4S. The third-order valence-corrected chi connectivity index (χ3v) is 6.63. The number of pyridine rings is 3. The summed E-state index contributed by atoms with van der Waals surface area (Å²) in [6, 6.07) is 14.6. The van der Waals surface area contributed by atoms with E-state index in [1.54, 1.807) is 12.4 Å². The van der Waals surface area contributed by atoms with Crippen LogP contribution in [0.5, 0.6) is 0 Å². The molecule has 0 amide bonds. The van der Waals surface area contributed by atoms with Gasteiger partial charge in [-0.15, -0.1) is 0 Å². The standard InChI is InChI=1S/C24H21N5O4S/c1-16-5-2-11-25-21(16)20-15-18-6-3-12-26-22(18)23(28-20)29-27-13-4-14-34(32,33)19-9-7-17(8-10-19)24(30)31/h2-13,15,27H,14H2,1H3,(H,28,29)(H,30,31). The smallest absolute Gasteiger partial charge is 0.335 e. The fourth-order valence-electron chi connectivity index (χ4n) is 3.29. The number of aromatic carboxylic acids is 1. The second kappa shape index (κ2) is 9.67. The highest BCUT2D eigenvalue weighted by Gasteiger charge is 2.14. The molecule has 0 saturated heterocycles. The van der Waals surface area contributed by atoms with E-state index in [1.807, 2.05) is 37.3 Å². The van der Waals surface area contributed by atoms with E-state index in [9.17, 15) is 13.2 Å². The summed E-state index contributed by atoms with van der Waals surface area (Å²) < 4.78 is 25.0. The summed E-state index contributed by atoms with van der Waals surface area (Å²) in [5, 5.41) is 9.82. The van der Waals surface area contributed by atoms with Crippen molar-refractivity contribution < 1.29 is 18.3 Å². The fraction of sp³-hybridized carbons (Fsp3) is 0.0833. The molecule has 0 spiro atoms. The molecule has 0 radical (unpaired) electrons. The van der Waals surface area contributed by atoms with Crippen molar-refractivity contribution in [2.45, 2.75) is 11.8 Å². The van der Waals surface area contributed by atoms with Gasteiger partial charge in [0.1, 0.15) is 5.52 Å². The summed E-state index contributed by atoms with van der Waals surface area (Å²) in [5.41, 5.74) is 8.90. The van der Waals surface area contributed by atoms with Crippen molar-refractivity contribution in [1.82, 2.24) is 20.4 Å². The van der Waals surface area contributed by atoms with Crippen LogP contribution in [0.2, 0.25) is 0 Å². The largest absolute Gasteiger partial charge is 0.478 e. The highest BCUT2D eigenvalue weighted by molar-refractivity contribution is 7.91. The molecule has 10 heteroatoms. The lowest BCUT2D eigenvalue weighted by Gasteiger charge is -2.11. The normalized spacial score (nSPS) is 11.6. The third kappa shape index (κ3) is 5.02. The van der Waals surface area contributed by atoms with Crippen molar-refractivity contribution in [3.8, 4) is 11.4 Å². The van der Waals surface area contributed by atoms with E-state index >= 15 is 0 Å². The maximum absolute atomic E-state index is 12.5. The van der Waals surface area contributed by atoms with Gasteiger partial charge in [-0.1, -0.05) is 18.2 Å². The molecule has 9 nitrogen and oxygen atoms in total. The minimum absolute atomic E-state index is 0.0248. The molecule has 0 aliphatic rings. The van der Waals surface area contributed by atoms with Crippen LogP contribution in [0.25, 0.3) is 22.3 Å². The fourth-order valence-corrected chi connectivity index (χ4v) is 4.38. The molecule has 0 aliphatic carbocycles. The number of carboxylic acid groups (broad SMARTS) is 1. The van der Waals surface area contributed by atoms with Crippen LogP contribution in [0.1, 0.15) is 15.9 Å². The first-order valence-corrected chi connectivity index (χ1v) is 11.9. The molecule has 0 saturated carbocycles. The van der Waals surface area contributed by atoms with Crippen LogP contribution >= 0.6 is 0 Å². The number of sulfone groups is 1. The molecule has 1 aromatic carbocycles. The number of carbonyl (C=O) groups is 1. The predicted octanol–water partition coefficient (Wildman–Crippen LogP) is 3.60. The summed E-state index contributed by atoms with van der Waals surface area (Å²) in [4.78, 5) is 24.5. The van der Waals surface area contributed by atoms with E-state index < -0.39 is 15.8 Å². The molecule has 4 rings (SSSR count). The minimum Gasteiger partial charge on any atom is -0.478 e. The van der Waals surface area contributed by atoms with Crippen molar-refractivity contribution in [2.75, 3.05) is 11.2 Å². The van der Waals surface area contributed by atoms with Crippen LogP contribution < -0.4 is 10.9 Å². The molecule has 3 N–H and O–H groups in total. The number of hydrogen-bond acceptors (Lipinski definition) is 8. The molecule has 0 bridgehead atoms. The monoisotopic (exact) mass is 475 g/mol. The Bertz CT molecular complexity index is 1490. The summed E-state index contributed by atoms with van der Waals surface area (Å²) in [5.74, 6) is -0.916. The molecule has 0 aliphatic heterocycles. The average Bonchev–Trinajstić information content (AvgIpc) is 2.84. The van der Waals surface area contributed by atoms with Crippen molar-refractivity contribution in [3.05, 3.63) is 90.4 Å². The summed E-state index contributed by atoms with van der Waals surface area (Å²) >= 11 is 0. The lowest BCUT2D eigenvalue weighted by atomic mass is 10.1. The number of rotatable bonds is 8. The molecule has 34 heavy (non-hydrogen) atoms. The zero-order valence-corrected chi connectivity index (χ0v) is 19.0. The number of hydrogen-bond donors (Lipinski definition) is 3. The number of fused-ring (bicyclic) bond motifs is 1. The average molecular weight is 476 g/mol. The molecular weight excluding hydrogens is 454 g/mol. The highest BCUT2D eigenvalue weighted by Crippen LogP contribution is 2.26. The Kier molecular flexibility index (Phi) is 6.51. The number of benzene rings is 1. The second-order valence-corrected chi connectivity index (χ2v) is 9.42. The van der Waals surface area contributed by atoms with Crippen molar-refractivity contribution >= 4 is 32.5 Å². The number of carboxylic acids is 1. The molecule has 172 valence electrons. The van der Waals surface area contributed by atoms with E-state index in [-0.39, 0.29) is 16.2 Å². The highest BCUT2D eigenvalue weighted by atomic mass is 32.2. The zero-order chi connectivity index (χ0) is 24.1. The Morgan fingerprint density at radius 1 is 1.06 bits per heavy atom. The van der Waals surface area contributed by atoms with E-state index in [4.69, 9.17) is 5.11 Å². The molecule has 0 atom stereocenters. The topological polar surface area (TPSA) is 134 Å². The lowest BCUT2D eigenvalue weighted by molar-refractivity contribution is 0.0696. The first-order valence-electron chi connectivity index (χ1n) is 10.3. The van der Waals surface area contributed by atoms with Crippen LogP contribution in [0.15, 0.2) is 84.2 Å². The van der Waals surface area contributed by atoms with E-state index in [0.717, 1.165) is 16.6 Å². The number of aromatic nitrogens is 3. The summed E-state index contributed by atoms with van der Waals surface area (Å²) in [6.07, 6.45) is 6.27. The SMILES string of the molecule is Cc1cccnc1-c1cc2cccnc2c(NNC=CCS(=O)(=O)c2ccc(C(=O)O)cc2)n1. The number of nitrogens with zero attached hydrogens (tertiary/aromatic N) is 3. The van der Waals surface area contributed by atoms with Gasteiger partial charge >= 0.3 is 5.97 Å². The van der Waals surface area contributed by atoms with Crippen LogP contribution in [0.3, 0.4) is 0 Å². The van der Waals surface area contributed by atoms with E-state index in [2.05, 4.69) is 25.8 Å². The van der Waals surface area contributed by atoms with Gasteiger partial charge in [0, 0.05) is 24.0 Å². The zero-order valence-electron chi connectivity index (χ0n) is 18.1. The van der Waals surface area contributed by atoms with E-state index in [0.29, 0.717) is 17.0 Å². The van der Waals surface area contributed by atoms with Gasteiger partial charge < -0.3 is 10.5 Å². The third-order valence-electron chi connectivity index (χ3n) is 5.01. The maximum Gasteiger partial charge on any atom is 0.335 e. The number of anilines is 1. The van der Waals surface area contributed by atoms with Gasteiger partial charge in [-0.25, -0.2) is 18.2 Å². The lowest BCUT2D eigenvalue weighted by Crippen LogP contribution is -2.17. The molecule has 3 aromatic heterocycles. The Balaban J connectivity index is 1.49. The van der Waals surface area contributed by atoms with Gasteiger partial charge in [0.25, 0.3) is 0 Å². The van der Waals surface area contributed by atoms with Crippen LogP contribution in [0.4, 0.5) is 5.82 Å². The first-order chi connectivity index (χ1) is 16.3. The van der Waals surface area contributed by atoms with E-state index in [1.165, 1.54) is 36.5 Å². The van der Waals surface area contributed by atoms with Gasteiger partial charge in [-0.2, -0.15) is 0 Å². The van der Waals surface area contributed by atoms with Crippen molar-refractivity contribution in [2.24, 2.45) is 0 Å². The molecule has 4 aromatic rings.